The Bertz CT molecular complexity index is 1110. The predicted molar refractivity (Wildman–Crippen MR) is 130 cm³/mol. The van der Waals surface area contributed by atoms with E-state index in [0.717, 1.165) is 25.2 Å². The van der Waals surface area contributed by atoms with Crippen molar-refractivity contribution in [2.75, 3.05) is 18.4 Å². The maximum absolute atomic E-state index is 12.9. The molecule has 4 rings (SSSR count). The van der Waals surface area contributed by atoms with Crippen LogP contribution < -0.4 is 10.1 Å². The molecule has 0 saturated carbocycles. The van der Waals surface area contributed by atoms with Crippen molar-refractivity contribution in [1.29, 1.82) is 0 Å². The minimum absolute atomic E-state index is 0.207. The molecule has 2 unspecified atom stereocenters. The van der Waals surface area contributed by atoms with Gasteiger partial charge in [-0.05, 0) is 49.7 Å². The molecule has 1 aliphatic heterocycles. The number of para-hydroxylation sites is 2. The van der Waals surface area contributed by atoms with E-state index in [4.69, 9.17) is 32.7 Å². The lowest BCUT2D eigenvalue weighted by Gasteiger charge is -2.35. The number of nitrogens with zero attached hydrogens (tertiary/aromatic N) is 2. The fourth-order valence-electron chi connectivity index (χ4n) is 3.87. The Morgan fingerprint density at radius 2 is 1.82 bits per heavy atom. The molecule has 1 amide bonds. The molecule has 1 aromatic heterocycles. The topological polar surface area (TPSA) is 63.7 Å². The van der Waals surface area contributed by atoms with Crippen molar-refractivity contribution < 1.29 is 14.3 Å². The van der Waals surface area contributed by atoms with Gasteiger partial charge in [-0.3, -0.25) is 9.69 Å². The van der Waals surface area contributed by atoms with Crippen molar-refractivity contribution in [3.05, 3.63) is 82.0 Å². The van der Waals surface area contributed by atoms with Gasteiger partial charge in [0.1, 0.15) is 5.02 Å². The van der Waals surface area contributed by atoms with Crippen LogP contribution in [0.25, 0.3) is 0 Å². The van der Waals surface area contributed by atoms with Crippen LogP contribution >= 0.6 is 23.2 Å². The van der Waals surface area contributed by atoms with Crippen LogP contribution in [-0.2, 0) is 11.3 Å². The summed E-state index contributed by atoms with van der Waals surface area (Å²) in [4.78, 5) is 19.3. The second-order valence-electron chi connectivity index (χ2n) is 8.14. The van der Waals surface area contributed by atoms with E-state index in [-0.39, 0.29) is 29.0 Å². The molecule has 33 heavy (non-hydrogen) atoms. The highest BCUT2D eigenvalue weighted by Crippen LogP contribution is 2.33. The summed E-state index contributed by atoms with van der Waals surface area (Å²) in [6.45, 7) is 6.81. The maximum atomic E-state index is 12.9. The van der Waals surface area contributed by atoms with Gasteiger partial charge in [-0.2, -0.15) is 0 Å². The van der Waals surface area contributed by atoms with Gasteiger partial charge >= 0.3 is 0 Å². The van der Waals surface area contributed by atoms with Crippen LogP contribution in [0, 0.1) is 0 Å². The largest absolute Gasteiger partial charge is 0.435 e. The van der Waals surface area contributed by atoms with Crippen LogP contribution in [0.3, 0.4) is 0 Å². The Morgan fingerprint density at radius 3 is 2.52 bits per heavy atom. The molecule has 1 N–H and O–H groups in total. The monoisotopic (exact) mass is 485 g/mol. The third-order valence-electron chi connectivity index (χ3n) is 5.23. The molecule has 3 aromatic rings. The molecule has 0 spiro atoms. The Labute approximate surface area is 203 Å². The number of rotatable bonds is 6. The summed E-state index contributed by atoms with van der Waals surface area (Å²) in [6.07, 6.45) is 1.89. The number of benzene rings is 2. The molecule has 2 heterocycles. The molecule has 0 radical (unpaired) electrons. The zero-order valence-electron chi connectivity index (χ0n) is 18.4. The molecule has 8 heteroatoms. The van der Waals surface area contributed by atoms with Gasteiger partial charge < -0.3 is 14.8 Å². The molecule has 0 aliphatic carbocycles. The lowest BCUT2D eigenvalue weighted by molar-refractivity contribution is -0.0704. The standard InChI is InChI=1S/C25H25Cl2N3O3/c1-16-13-30(14-17(2)32-16)15-18-7-9-19(10-8-18)24(31)29-22-5-3-4-6-23(22)33-25-21(27)11-20(26)12-28-25/h3-12,16-17H,13-15H2,1-2H3,(H,29,31). The van der Waals surface area contributed by atoms with Crippen LogP contribution in [0.4, 0.5) is 5.69 Å². The summed E-state index contributed by atoms with van der Waals surface area (Å²) < 4.78 is 11.6. The van der Waals surface area contributed by atoms with E-state index in [2.05, 4.69) is 29.0 Å². The van der Waals surface area contributed by atoms with Crippen LogP contribution in [0.5, 0.6) is 11.6 Å². The highest BCUT2D eigenvalue weighted by Gasteiger charge is 2.22. The second-order valence-corrected chi connectivity index (χ2v) is 8.98. The van der Waals surface area contributed by atoms with Gasteiger partial charge in [0.05, 0.1) is 22.9 Å². The smallest absolute Gasteiger partial charge is 0.255 e. The molecule has 0 bridgehead atoms. The second kappa shape index (κ2) is 10.5. The number of hydrogen-bond donors (Lipinski definition) is 1. The minimum Gasteiger partial charge on any atom is -0.435 e. The SMILES string of the molecule is CC1CN(Cc2ccc(C(=O)Nc3ccccc3Oc3ncc(Cl)cc3Cl)cc2)CC(C)O1. The predicted octanol–water partition coefficient (Wildman–Crippen LogP) is 6.04. The van der Waals surface area contributed by atoms with Crippen molar-refractivity contribution in [2.24, 2.45) is 0 Å². The fraction of sp³-hybridized carbons (Fsp3) is 0.280. The number of carbonyl (C=O) groups excluding carboxylic acids is 1. The number of aromatic nitrogens is 1. The third-order valence-corrected chi connectivity index (χ3v) is 5.71. The zero-order chi connectivity index (χ0) is 23.4. The number of pyridine rings is 1. The number of anilines is 1. The van der Waals surface area contributed by atoms with Crippen LogP contribution in [0.1, 0.15) is 29.8 Å². The lowest BCUT2D eigenvalue weighted by atomic mass is 10.1. The van der Waals surface area contributed by atoms with Crippen molar-refractivity contribution >= 4 is 34.8 Å². The third kappa shape index (κ3) is 6.24. The summed E-state index contributed by atoms with van der Waals surface area (Å²) >= 11 is 12.1. The first kappa shape index (κ1) is 23.5. The minimum atomic E-state index is -0.235. The molecular weight excluding hydrogens is 461 g/mol. The van der Waals surface area contributed by atoms with E-state index >= 15 is 0 Å². The van der Waals surface area contributed by atoms with E-state index < -0.39 is 0 Å². The molecule has 6 nitrogen and oxygen atoms in total. The van der Waals surface area contributed by atoms with E-state index in [0.29, 0.717) is 22.0 Å². The Kier molecular flexibility index (Phi) is 7.50. The number of nitrogens with one attached hydrogen (secondary N) is 1. The molecule has 1 saturated heterocycles. The number of amides is 1. The van der Waals surface area contributed by atoms with E-state index in [1.165, 1.54) is 6.20 Å². The normalized spacial score (nSPS) is 18.7. The molecular formula is C25H25Cl2N3O3. The zero-order valence-corrected chi connectivity index (χ0v) is 19.9. The summed E-state index contributed by atoms with van der Waals surface area (Å²) in [5, 5.41) is 3.60. The van der Waals surface area contributed by atoms with Gasteiger partial charge in [0.25, 0.3) is 5.91 Å². The van der Waals surface area contributed by atoms with Crippen LogP contribution in [0.15, 0.2) is 60.8 Å². The van der Waals surface area contributed by atoms with Gasteiger partial charge in [-0.25, -0.2) is 4.98 Å². The highest BCUT2D eigenvalue weighted by molar-refractivity contribution is 6.35. The highest BCUT2D eigenvalue weighted by atomic mass is 35.5. The summed E-state index contributed by atoms with van der Waals surface area (Å²) in [7, 11) is 0. The Hall–Kier alpha value is -2.64. The van der Waals surface area contributed by atoms with Crippen molar-refractivity contribution in [2.45, 2.75) is 32.6 Å². The Balaban J connectivity index is 1.42. The lowest BCUT2D eigenvalue weighted by Crippen LogP contribution is -2.44. The number of carbonyl (C=O) groups is 1. The van der Waals surface area contributed by atoms with Crippen molar-refractivity contribution in [3.8, 4) is 11.6 Å². The van der Waals surface area contributed by atoms with Gasteiger partial charge in [-0.1, -0.05) is 47.5 Å². The first-order valence-electron chi connectivity index (χ1n) is 10.7. The quantitative estimate of drug-likeness (QED) is 0.460. The van der Waals surface area contributed by atoms with Gasteiger partial charge in [0.15, 0.2) is 5.75 Å². The molecule has 1 fully saturated rings. The number of ether oxygens (including phenoxy) is 2. The molecule has 2 aromatic carbocycles. The van der Waals surface area contributed by atoms with E-state index in [1.54, 1.807) is 24.3 Å². The van der Waals surface area contributed by atoms with Crippen LogP contribution in [-0.4, -0.2) is 41.1 Å². The van der Waals surface area contributed by atoms with Gasteiger partial charge in [0, 0.05) is 31.4 Å². The fourth-order valence-corrected chi connectivity index (χ4v) is 4.29. The molecule has 172 valence electrons. The first-order chi connectivity index (χ1) is 15.9. The first-order valence-corrected chi connectivity index (χ1v) is 11.5. The van der Waals surface area contributed by atoms with E-state index in [9.17, 15) is 4.79 Å². The van der Waals surface area contributed by atoms with Gasteiger partial charge in [-0.15, -0.1) is 0 Å². The van der Waals surface area contributed by atoms with Crippen molar-refractivity contribution in [1.82, 2.24) is 9.88 Å². The average Bonchev–Trinajstić information content (AvgIpc) is 2.76. The Morgan fingerprint density at radius 1 is 1.12 bits per heavy atom. The number of hydrogen-bond acceptors (Lipinski definition) is 5. The van der Waals surface area contributed by atoms with Crippen molar-refractivity contribution in [3.63, 3.8) is 0 Å². The number of halogens is 2. The summed E-state index contributed by atoms with van der Waals surface area (Å²) in [5.74, 6) is 0.398. The van der Waals surface area contributed by atoms with Gasteiger partial charge in [0.2, 0.25) is 5.88 Å². The summed E-state index contributed by atoms with van der Waals surface area (Å²) in [5.41, 5.74) is 2.22. The van der Waals surface area contributed by atoms with E-state index in [1.807, 2.05) is 30.3 Å². The van der Waals surface area contributed by atoms with Crippen LogP contribution in [0.2, 0.25) is 10.0 Å². The average molecular weight is 486 g/mol. The number of morpholine rings is 1. The molecule has 2 atom stereocenters. The summed E-state index contributed by atoms with van der Waals surface area (Å²) in [6, 6.07) is 16.3. The molecule has 1 aliphatic rings. The maximum Gasteiger partial charge on any atom is 0.255 e.